The predicted molar refractivity (Wildman–Crippen MR) is 118 cm³/mol. The molecular formula is C23H23N5O4. The molecule has 4 aromatic rings. The molecule has 0 aliphatic heterocycles. The average molecular weight is 433 g/mol. The van der Waals surface area contributed by atoms with Crippen molar-refractivity contribution in [3.05, 3.63) is 78.8 Å². The molecular weight excluding hydrogens is 410 g/mol. The van der Waals surface area contributed by atoms with Crippen molar-refractivity contribution in [2.45, 2.75) is 12.6 Å². The molecule has 2 aromatic heterocycles. The number of nitrogens with one attached hydrogen (secondary N) is 1. The predicted octanol–water partition coefficient (Wildman–Crippen LogP) is 2.56. The SMILES string of the molecule is COCCNC(=O)C(c1ccco1)N(C(=O)Cn1nnc2ccccc21)c1ccccc1. The largest absolute Gasteiger partial charge is 0.467 e. The summed E-state index contributed by atoms with van der Waals surface area (Å²) < 4.78 is 12.1. The number of anilines is 1. The van der Waals surface area contributed by atoms with Gasteiger partial charge in [0.15, 0.2) is 6.04 Å². The van der Waals surface area contributed by atoms with Gasteiger partial charge in [-0.15, -0.1) is 5.10 Å². The molecule has 4 rings (SSSR count). The summed E-state index contributed by atoms with van der Waals surface area (Å²) in [5.41, 5.74) is 1.98. The van der Waals surface area contributed by atoms with E-state index in [1.807, 2.05) is 42.5 Å². The van der Waals surface area contributed by atoms with Crippen LogP contribution < -0.4 is 10.2 Å². The molecule has 0 aliphatic carbocycles. The Balaban J connectivity index is 1.71. The number of hydrogen-bond donors (Lipinski definition) is 1. The Labute approximate surface area is 184 Å². The number of nitrogens with zero attached hydrogens (tertiary/aromatic N) is 4. The molecule has 2 aromatic carbocycles. The van der Waals surface area contributed by atoms with Gasteiger partial charge in [0.2, 0.25) is 5.91 Å². The second kappa shape index (κ2) is 9.88. The van der Waals surface area contributed by atoms with Crippen LogP contribution in [0.4, 0.5) is 5.69 Å². The standard InChI is InChI=1S/C23H23N5O4/c1-31-15-13-24-23(30)22(20-12-7-14-32-20)28(17-8-3-2-4-9-17)21(29)16-27-19-11-6-5-10-18(19)25-26-27/h2-12,14,22H,13,15-16H2,1H3,(H,24,30). The lowest BCUT2D eigenvalue weighted by atomic mass is 10.1. The number of amides is 2. The van der Waals surface area contributed by atoms with Crippen LogP contribution in [0.25, 0.3) is 11.0 Å². The number of ether oxygens (including phenoxy) is 1. The number of carbonyl (C=O) groups excluding carboxylic acids is 2. The zero-order valence-corrected chi connectivity index (χ0v) is 17.5. The van der Waals surface area contributed by atoms with Crippen LogP contribution in [0.3, 0.4) is 0 Å². The highest BCUT2D eigenvalue weighted by Crippen LogP contribution is 2.29. The molecule has 0 spiro atoms. The molecule has 1 unspecified atom stereocenters. The van der Waals surface area contributed by atoms with Crippen LogP contribution in [0.5, 0.6) is 0 Å². The maximum atomic E-state index is 13.6. The lowest BCUT2D eigenvalue weighted by Crippen LogP contribution is -2.45. The van der Waals surface area contributed by atoms with Crippen molar-refractivity contribution in [1.29, 1.82) is 0 Å². The highest BCUT2D eigenvalue weighted by Gasteiger charge is 2.35. The fourth-order valence-electron chi connectivity index (χ4n) is 3.46. The van der Waals surface area contributed by atoms with Gasteiger partial charge < -0.3 is 14.5 Å². The van der Waals surface area contributed by atoms with E-state index in [9.17, 15) is 9.59 Å². The van der Waals surface area contributed by atoms with E-state index < -0.39 is 6.04 Å². The first kappa shape index (κ1) is 21.3. The summed E-state index contributed by atoms with van der Waals surface area (Å²) in [6.45, 7) is 0.551. The Hall–Kier alpha value is -3.98. The van der Waals surface area contributed by atoms with Crippen molar-refractivity contribution >= 4 is 28.5 Å². The van der Waals surface area contributed by atoms with E-state index in [-0.39, 0.29) is 18.4 Å². The molecule has 0 aliphatic rings. The lowest BCUT2D eigenvalue weighted by molar-refractivity contribution is -0.127. The normalized spacial score (nSPS) is 11.9. The Morgan fingerprint density at radius 3 is 2.62 bits per heavy atom. The van der Waals surface area contributed by atoms with E-state index in [0.29, 0.717) is 30.1 Å². The van der Waals surface area contributed by atoms with E-state index in [1.165, 1.54) is 15.8 Å². The van der Waals surface area contributed by atoms with Crippen molar-refractivity contribution in [2.24, 2.45) is 0 Å². The van der Waals surface area contributed by atoms with Gasteiger partial charge in [0.1, 0.15) is 17.8 Å². The molecule has 0 radical (unpaired) electrons. The van der Waals surface area contributed by atoms with Crippen molar-refractivity contribution in [3.8, 4) is 0 Å². The Morgan fingerprint density at radius 2 is 1.88 bits per heavy atom. The summed E-state index contributed by atoms with van der Waals surface area (Å²) in [7, 11) is 1.55. The topological polar surface area (TPSA) is 102 Å². The molecule has 1 atom stereocenters. The van der Waals surface area contributed by atoms with Gasteiger partial charge in [-0.2, -0.15) is 0 Å². The Kier molecular flexibility index (Phi) is 6.57. The van der Waals surface area contributed by atoms with Gasteiger partial charge in [0, 0.05) is 19.3 Å². The highest BCUT2D eigenvalue weighted by molar-refractivity contribution is 6.01. The summed E-state index contributed by atoms with van der Waals surface area (Å²) in [5, 5.41) is 11.0. The van der Waals surface area contributed by atoms with E-state index in [2.05, 4.69) is 15.6 Å². The number of carbonyl (C=O) groups is 2. The summed E-state index contributed by atoms with van der Waals surface area (Å²) in [5.74, 6) is -0.367. The minimum absolute atomic E-state index is 0.0992. The smallest absolute Gasteiger partial charge is 0.251 e. The van der Waals surface area contributed by atoms with Crippen LogP contribution in [0, 0.1) is 0 Å². The number of furan rings is 1. The molecule has 0 saturated carbocycles. The molecule has 9 heteroatoms. The van der Waals surface area contributed by atoms with Gasteiger partial charge in [-0.3, -0.25) is 14.5 Å². The van der Waals surface area contributed by atoms with Gasteiger partial charge in [-0.25, -0.2) is 4.68 Å². The van der Waals surface area contributed by atoms with Gasteiger partial charge in [-0.05, 0) is 36.4 Å². The summed E-state index contributed by atoms with van der Waals surface area (Å²) in [4.78, 5) is 28.2. The summed E-state index contributed by atoms with van der Waals surface area (Å²) in [6.07, 6.45) is 1.48. The van der Waals surface area contributed by atoms with Crippen molar-refractivity contribution in [2.75, 3.05) is 25.2 Å². The highest BCUT2D eigenvalue weighted by atomic mass is 16.5. The molecule has 0 saturated heterocycles. The number of benzene rings is 2. The first-order valence-electron chi connectivity index (χ1n) is 10.1. The number of rotatable bonds is 9. The van der Waals surface area contributed by atoms with Gasteiger partial charge in [0.05, 0.1) is 18.4 Å². The average Bonchev–Trinajstić information content (AvgIpc) is 3.48. The van der Waals surface area contributed by atoms with Crippen LogP contribution in [0.15, 0.2) is 77.4 Å². The number of methoxy groups -OCH3 is 1. The molecule has 2 heterocycles. The third kappa shape index (κ3) is 4.52. The maximum Gasteiger partial charge on any atom is 0.251 e. The molecule has 9 nitrogen and oxygen atoms in total. The Bertz CT molecular complexity index is 1170. The van der Waals surface area contributed by atoms with Crippen LogP contribution in [-0.2, 0) is 20.9 Å². The van der Waals surface area contributed by atoms with E-state index in [0.717, 1.165) is 5.52 Å². The van der Waals surface area contributed by atoms with Crippen molar-refractivity contribution in [3.63, 3.8) is 0 Å². The van der Waals surface area contributed by atoms with E-state index >= 15 is 0 Å². The van der Waals surface area contributed by atoms with Crippen LogP contribution in [-0.4, -0.2) is 47.1 Å². The lowest BCUT2D eigenvalue weighted by Gasteiger charge is -2.30. The van der Waals surface area contributed by atoms with Crippen molar-refractivity contribution < 1.29 is 18.7 Å². The third-order valence-corrected chi connectivity index (χ3v) is 4.93. The second-order valence-corrected chi connectivity index (χ2v) is 7.04. The van der Waals surface area contributed by atoms with Crippen molar-refractivity contribution in [1.82, 2.24) is 20.3 Å². The quantitative estimate of drug-likeness (QED) is 0.407. The minimum Gasteiger partial charge on any atom is -0.467 e. The molecule has 0 fully saturated rings. The first-order valence-corrected chi connectivity index (χ1v) is 10.1. The Morgan fingerprint density at radius 1 is 1.09 bits per heavy atom. The third-order valence-electron chi connectivity index (χ3n) is 4.93. The molecule has 0 bridgehead atoms. The minimum atomic E-state index is -1.01. The maximum absolute atomic E-state index is 13.6. The fourth-order valence-corrected chi connectivity index (χ4v) is 3.46. The van der Waals surface area contributed by atoms with Crippen LogP contribution in [0.2, 0.25) is 0 Å². The number of aromatic nitrogens is 3. The summed E-state index contributed by atoms with van der Waals surface area (Å²) in [6, 6.07) is 18.7. The molecule has 164 valence electrons. The first-order chi connectivity index (χ1) is 15.7. The second-order valence-electron chi connectivity index (χ2n) is 7.04. The van der Waals surface area contributed by atoms with Gasteiger partial charge in [0.25, 0.3) is 5.91 Å². The van der Waals surface area contributed by atoms with Gasteiger partial charge in [-0.1, -0.05) is 35.5 Å². The zero-order valence-electron chi connectivity index (χ0n) is 17.5. The van der Waals surface area contributed by atoms with Crippen LogP contribution in [0.1, 0.15) is 11.8 Å². The zero-order chi connectivity index (χ0) is 22.3. The number of hydrogen-bond acceptors (Lipinski definition) is 6. The number of para-hydroxylation sites is 2. The van der Waals surface area contributed by atoms with E-state index in [1.54, 1.807) is 31.4 Å². The van der Waals surface area contributed by atoms with Crippen LogP contribution >= 0.6 is 0 Å². The molecule has 32 heavy (non-hydrogen) atoms. The van der Waals surface area contributed by atoms with E-state index in [4.69, 9.17) is 9.15 Å². The molecule has 1 N–H and O–H groups in total. The number of fused-ring (bicyclic) bond motifs is 1. The molecule has 2 amide bonds. The fraction of sp³-hybridized carbons (Fsp3) is 0.217. The monoisotopic (exact) mass is 433 g/mol. The summed E-state index contributed by atoms with van der Waals surface area (Å²) >= 11 is 0. The van der Waals surface area contributed by atoms with Gasteiger partial charge >= 0.3 is 0 Å².